The quantitative estimate of drug-likeness (QED) is 0.380. The zero-order valence-electron chi connectivity index (χ0n) is 8.15. The second-order valence-corrected chi connectivity index (χ2v) is 4.09. The summed E-state index contributed by atoms with van der Waals surface area (Å²) in [5.41, 5.74) is 3.88. The highest BCUT2D eigenvalue weighted by atomic mass is 79.9. The lowest BCUT2D eigenvalue weighted by Gasteiger charge is -2.09. The largest absolute Gasteiger partial charge is 0.416 e. The Labute approximate surface area is 108 Å². The van der Waals surface area contributed by atoms with Gasteiger partial charge in [-0.1, -0.05) is 0 Å². The highest BCUT2D eigenvalue weighted by Crippen LogP contribution is 2.37. The summed E-state index contributed by atoms with van der Waals surface area (Å²) in [4.78, 5) is 3.59. The van der Waals surface area contributed by atoms with Crippen molar-refractivity contribution in [2.24, 2.45) is 10.7 Å². The van der Waals surface area contributed by atoms with E-state index in [-0.39, 0.29) is 21.9 Å². The smallest absolute Gasteiger partial charge is 0.386 e. The standard InChI is InChI=1S/C9H6BrClF4N2/c10-8-5(12)1-4(9(13,14)15)2-6(8)17-7(16)3-11/h1-2H,3H2,(H2,16,17). The average Bonchev–Trinajstić information content (AvgIpc) is 2.22. The molecule has 94 valence electrons. The Balaban J connectivity index is 3.35. The number of amidine groups is 1. The highest BCUT2D eigenvalue weighted by molar-refractivity contribution is 9.10. The molecule has 2 nitrogen and oxygen atoms in total. The van der Waals surface area contributed by atoms with Gasteiger partial charge in [0.25, 0.3) is 0 Å². The first-order valence-corrected chi connectivity index (χ1v) is 5.53. The summed E-state index contributed by atoms with van der Waals surface area (Å²) >= 11 is 8.13. The fraction of sp³-hybridized carbons (Fsp3) is 0.222. The van der Waals surface area contributed by atoms with E-state index in [0.717, 1.165) is 0 Å². The molecule has 0 spiro atoms. The molecule has 0 aliphatic rings. The minimum atomic E-state index is -4.65. The van der Waals surface area contributed by atoms with Gasteiger partial charge in [0.2, 0.25) is 0 Å². The van der Waals surface area contributed by atoms with Crippen LogP contribution in [0.2, 0.25) is 0 Å². The van der Waals surface area contributed by atoms with Crippen LogP contribution in [0.25, 0.3) is 0 Å². The first-order chi connectivity index (χ1) is 7.75. The monoisotopic (exact) mass is 332 g/mol. The van der Waals surface area contributed by atoms with Crippen molar-refractivity contribution in [3.05, 3.63) is 28.0 Å². The first-order valence-electron chi connectivity index (χ1n) is 4.21. The summed E-state index contributed by atoms with van der Waals surface area (Å²) in [7, 11) is 0. The number of halogens is 6. The van der Waals surface area contributed by atoms with Crippen LogP contribution in [-0.4, -0.2) is 11.7 Å². The molecule has 0 unspecified atom stereocenters. The molecule has 2 N–H and O–H groups in total. The molecule has 0 atom stereocenters. The fourth-order valence-corrected chi connectivity index (χ4v) is 1.38. The zero-order chi connectivity index (χ0) is 13.2. The van der Waals surface area contributed by atoms with Crippen molar-refractivity contribution in [3.63, 3.8) is 0 Å². The van der Waals surface area contributed by atoms with Gasteiger partial charge in [0.1, 0.15) is 11.7 Å². The van der Waals surface area contributed by atoms with Crippen LogP contribution in [0.3, 0.4) is 0 Å². The molecule has 1 aromatic carbocycles. The second-order valence-electron chi connectivity index (χ2n) is 3.03. The molecule has 0 fully saturated rings. The summed E-state index contributed by atoms with van der Waals surface area (Å²) in [6, 6.07) is 1.06. The Hall–Kier alpha value is -0.820. The number of hydrogen-bond donors (Lipinski definition) is 1. The Bertz CT molecular complexity index is 459. The topological polar surface area (TPSA) is 38.4 Å². The maximum absolute atomic E-state index is 13.2. The first kappa shape index (κ1) is 14.2. The predicted octanol–water partition coefficient (Wildman–Crippen LogP) is 3.83. The van der Waals surface area contributed by atoms with Crippen LogP contribution in [0.5, 0.6) is 0 Å². The van der Waals surface area contributed by atoms with Gasteiger partial charge in [-0.2, -0.15) is 13.2 Å². The van der Waals surface area contributed by atoms with E-state index in [2.05, 4.69) is 20.9 Å². The van der Waals surface area contributed by atoms with Crippen molar-refractivity contribution in [1.82, 2.24) is 0 Å². The lowest BCUT2D eigenvalue weighted by atomic mass is 10.2. The lowest BCUT2D eigenvalue weighted by Crippen LogP contribution is -2.12. The molecule has 0 aliphatic heterocycles. The van der Waals surface area contributed by atoms with Crippen molar-refractivity contribution in [1.29, 1.82) is 0 Å². The summed E-state index contributed by atoms with van der Waals surface area (Å²) < 4.78 is 50.3. The average molecular weight is 334 g/mol. The molecule has 0 saturated heterocycles. The number of nitrogens with two attached hydrogens (primary N) is 1. The SMILES string of the molecule is NC(CCl)=Nc1cc(C(F)(F)F)cc(F)c1Br. The van der Waals surface area contributed by atoms with Crippen molar-refractivity contribution in [2.75, 3.05) is 5.88 Å². The Kier molecular flexibility index (Phi) is 4.37. The molecule has 1 rings (SSSR count). The number of hydrogen-bond acceptors (Lipinski definition) is 1. The second kappa shape index (κ2) is 5.22. The van der Waals surface area contributed by atoms with E-state index in [1.54, 1.807) is 0 Å². The van der Waals surface area contributed by atoms with E-state index < -0.39 is 17.6 Å². The van der Waals surface area contributed by atoms with Gasteiger partial charge in [-0.15, -0.1) is 11.6 Å². The summed E-state index contributed by atoms with van der Waals surface area (Å²) in [6.07, 6.45) is -4.65. The number of aliphatic imine (C=N–C) groups is 1. The van der Waals surface area contributed by atoms with Gasteiger partial charge >= 0.3 is 6.18 Å². The zero-order valence-corrected chi connectivity index (χ0v) is 10.5. The van der Waals surface area contributed by atoms with Crippen LogP contribution >= 0.6 is 27.5 Å². The third kappa shape index (κ3) is 3.57. The Morgan fingerprint density at radius 1 is 1.41 bits per heavy atom. The van der Waals surface area contributed by atoms with Gasteiger partial charge in [0.15, 0.2) is 0 Å². The normalized spacial score (nSPS) is 12.9. The summed E-state index contributed by atoms with van der Waals surface area (Å²) in [5.74, 6) is -1.34. The molecule has 0 radical (unpaired) electrons. The highest BCUT2D eigenvalue weighted by Gasteiger charge is 2.32. The number of alkyl halides is 4. The van der Waals surface area contributed by atoms with Gasteiger partial charge in [-0.3, -0.25) is 0 Å². The van der Waals surface area contributed by atoms with Gasteiger partial charge in [-0.05, 0) is 28.1 Å². The molecule has 0 bridgehead atoms. The van der Waals surface area contributed by atoms with Gasteiger partial charge in [0, 0.05) is 0 Å². The molecule has 0 saturated carbocycles. The van der Waals surface area contributed by atoms with Gasteiger partial charge in [-0.25, -0.2) is 9.38 Å². The molecule has 8 heteroatoms. The molecule has 0 aliphatic carbocycles. The number of benzene rings is 1. The van der Waals surface area contributed by atoms with E-state index in [9.17, 15) is 17.6 Å². The predicted molar refractivity (Wildman–Crippen MR) is 61.1 cm³/mol. The lowest BCUT2D eigenvalue weighted by molar-refractivity contribution is -0.137. The molecular weight excluding hydrogens is 327 g/mol. The summed E-state index contributed by atoms with van der Waals surface area (Å²) in [5, 5.41) is 0. The number of rotatable bonds is 2. The molecule has 1 aromatic rings. The van der Waals surface area contributed by atoms with E-state index in [1.165, 1.54) is 0 Å². The Morgan fingerprint density at radius 3 is 2.47 bits per heavy atom. The van der Waals surface area contributed by atoms with Crippen molar-refractivity contribution in [2.45, 2.75) is 6.18 Å². The molecule has 0 heterocycles. The maximum atomic E-state index is 13.2. The van der Waals surface area contributed by atoms with Crippen molar-refractivity contribution < 1.29 is 17.6 Å². The summed E-state index contributed by atoms with van der Waals surface area (Å²) in [6.45, 7) is 0. The van der Waals surface area contributed by atoms with Crippen LogP contribution in [-0.2, 0) is 6.18 Å². The van der Waals surface area contributed by atoms with Gasteiger partial charge < -0.3 is 5.73 Å². The van der Waals surface area contributed by atoms with E-state index >= 15 is 0 Å². The molecule has 0 amide bonds. The molecule has 0 aromatic heterocycles. The van der Waals surface area contributed by atoms with Crippen molar-refractivity contribution >= 4 is 39.1 Å². The fourth-order valence-electron chi connectivity index (χ4n) is 1.00. The van der Waals surface area contributed by atoms with Gasteiger partial charge in [0.05, 0.1) is 21.6 Å². The third-order valence-corrected chi connectivity index (χ3v) is 2.80. The van der Waals surface area contributed by atoms with Crippen molar-refractivity contribution in [3.8, 4) is 0 Å². The minimum Gasteiger partial charge on any atom is -0.386 e. The van der Waals surface area contributed by atoms with Crippen LogP contribution in [0.1, 0.15) is 5.56 Å². The molecular formula is C9H6BrClF4N2. The minimum absolute atomic E-state index is 0.105. The van der Waals surface area contributed by atoms with Crippen LogP contribution in [0.4, 0.5) is 23.2 Å². The maximum Gasteiger partial charge on any atom is 0.416 e. The number of nitrogens with zero attached hydrogens (tertiary/aromatic N) is 1. The van der Waals surface area contributed by atoms with E-state index in [4.69, 9.17) is 17.3 Å². The Morgan fingerprint density at radius 2 is 2.00 bits per heavy atom. The van der Waals surface area contributed by atoms with Crippen LogP contribution < -0.4 is 5.73 Å². The van der Waals surface area contributed by atoms with E-state index in [1.807, 2.05) is 0 Å². The third-order valence-electron chi connectivity index (χ3n) is 1.74. The van der Waals surface area contributed by atoms with Crippen LogP contribution in [0, 0.1) is 5.82 Å². The van der Waals surface area contributed by atoms with E-state index in [0.29, 0.717) is 12.1 Å². The van der Waals surface area contributed by atoms with Crippen LogP contribution in [0.15, 0.2) is 21.6 Å². The molecule has 17 heavy (non-hydrogen) atoms.